The van der Waals surface area contributed by atoms with Crippen LogP contribution in [0.5, 0.6) is 5.75 Å². The molecule has 0 saturated heterocycles. The number of aryl methyl sites for hydroxylation is 1. The van der Waals surface area contributed by atoms with Gasteiger partial charge in [-0.05, 0) is 44.0 Å². The number of aromatic nitrogens is 1. The summed E-state index contributed by atoms with van der Waals surface area (Å²) in [7, 11) is 1.65. The number of thiazole rings is 1. The number of amides is 1. The normalized spacial score (nSPS) is 15.0. The van der Waals surface area contributed by atoms with Crippen LogP contribution in [0.1, 0.15) is 41.0 Å². The van der Waals surface area contributed by atoms with E-state index in [0.717, 1.165) is 39.7 Å². The van der Waals surface area contributed by atoms with Gasteiger partial charge in [0.25, 0.3) is 5.91 Å². The lowest BCUT2D eigenvalue weighted by atomic mass is 10.2. The number of methoxy groups -OCH3 is 1. The van der Waals surface area contributed by atoms with Gasteiger partial charge in [-0.1, -0.05) is 12.8 Å². The Balaban J connectivity index is 1.78. The number of rotatable bonds is 4. The van der Waals surface area contributed by atoms with E-state index in [0.29, 0.717) is 6.04 Å². The minimum Gasteiger partial charge on any atom is -0.497 e. The number of hydrogen-bond acceptors (Lipinski definition) is 4. The molecule has 1 aromatic carbocycles. The number of benzene rings is 1. The van der Waals surface area contributed by atoms with Gasteiger partial charge in [-0.25, -0.2) is 4.98 Å². The SMILES string of the molecule is COc1ccc(-c2nc(C)c(C(=O)NC3CCCC3)s2)cc1. The molecule has 0 bridgehead atoms. The second kappa shape index (κ2) is 6.48. The van der Waals surface area contributed by atoms with Gasteiger partial charge in [-0.3, -0.25) is 4.79 Å². The van der Waals surface area contributed by atoms with Crippen molar-refractivity contribution in [2.24, 2.45) is 0 Å². The number of carbonyl (C=O) groups is 1. The molecule has 22 heavy (non-hydrogen) atoms. The van der Waals surface area contributed by atoms with Crippen LogP contribution in [0.4, 0.5) is 0 Å². The Labute approximate surface area is 134 Å². The van der Waals surface area contributed by atoms with Gasteiger partial charge in [0.05, 0.1) is 12.8 Å². The molecule has 1 amide bonds. The fourth-order valence-electron chi connectivity index (χ4n) is 2.79. The Kier molecular flexibility index (Phi) is 4.43. The van der Waals surface area contributed by atoms with E-state index in [1.165, 1.54) is 24.2 Å². The van der Waals surface area contributed by atoms with E-state index < -0.39 is 0 Å². The molecule has 0 unspecified atom stereocenters. The quantitative estimate of drug-likeness (QED) is 0.933. The van der Waals surface area contributed by atoms with Gasteiger partial charge in [0.1, 0.15) is 15.6 Å². The summed E-state index contributed by atoms with van der Waals surface area (Å²) in [6, 6.07) is 8.08. The molecule has 1 aliphatic rings. The lowest BCUT2D eigenvalue weighted by Gasteiger charge is -2.10. The number of carbonyl (C=O) groups excluding carboxylic acids is 1. The highest BCUT2D eigenvalue weighted by molar-refractivity contribution is 7.17. The van der Waals surface area contributed by atoms with Crippen LogP contribution in [-0.4, -0.2) is 24.0 Å². The van der Waals surface area contributed by atoms with Crippen LogP contribution in [0.2, 0.25) is 0 Å². The van der Waals surface area contributed by atoms with Gasteiger partial charge in [-0.15, -0.1) is 11.3 Å². The lowest BCUT2D eigenvalue weighted by molar-refractivity contribution is 0.0941. The van der Waals surface area contributed by atoms with Crippen LogP contribution in [0.3, 0.4) is 0 Å². The summed E-state index contributed by atoms with van der Waals surface area (Å²) in [5, 5.41) is 4.00. The van der Waals surface area contributed by atoms with E-state index in [4.69, 9.17) is 4.74 Å². The first-order valence-corrected chi connectivity index (χ1v) is 8.41. The maximum Gasteiger partial charge on any atom is 0.263 e. The van der Waals surface area contributed by atoms with Crippen molar-refractivity contribution in [1.82, 2.24) is 10.3 Å². The summed E-state index contributed by atoms with van der Waals surface area (Å²) in [6.45, 7) is 1.90. The zero-order valence-corrected chi connectivity index (χ0v) is 13.7. The van der Waals surface area contributed by atoms with Crippen molar-refractivity contribution in [3.8, 4) is 16.3 Å². The molecule has 0 spiro atoms. The molecule has 3 rings (SSSR count). The van der Waals surface area contributed by atoms with Crippen molar-refractivity contribution in [1.29, 1.82) is 0 Å². The third-order valence-electron chi connectivity index (χ3n) is 4.03. The first-order valence-electron chi connectivity index (χ1n) is 7.60. The fraction of sp³-hybridized carbons (Fsp3) is 0.412. The van der Waals surface area contributed by atoms with Gasteiger partial charge in [-0.2, -0.15) is 0 Å². The first kappa shape index (κ1) is 15.0. The number of nitrogens with zero attached hydrogens (tertiary/aromatic N) is 1. The van der Waals surface area contributed by atoms with Crippen LogP contribution in [-0.2, 0) is 0 Å². The molecule has 1 N–H and O–H groups in total. The average molecular weight is 316 g/mol. The molecular weight excluding hydrogens is 296 g/mol. The molecule has 1 saturated carbocycles. The second-order valence-corrected chi connectivity index (χ2v) is 6.62. The Morgan fingerprint density at radius 3 is 2.59 bits per heavy atom. The minimum absolute atomic E-state index is 0.0154. The van der Waals surface area contributed by atoms with E-state index in [-0.39, 0.29) is 5.91 Å². The van der Waals surface area contributed by atoms with E-state index in [2.05, 4.69) is 10.3 Å². The molecule has 1 fully saturated rings. The lowest BCUT2D eigenvalue weighted by Crippen LogP contribution is -2.32. The molecule has 4 nitrogen and oxygen atoms in total. The van der Waals surface area contributed by atoms with Crippen molar-refractivity contribution >= 4 is 17.2 Å². The highest BCUT2D eigenvalue weighted by atomic mass is 32.1. The second-order valence-electron chi connectivity index (χ2n) is 5.62. The van der Waals surface area contributed by atoms with Crippen LogP contribution in [0, 0.1) is 6.92 Å². The van der Waals surface area contributed by atoms with Crippen molar-refractivity contribution in [2.75, 3.05) is 7.11 Å². The molecule has 2 aromatic rings. The summed E-state index contributed by atoms with van der Waals surface area (Å²) in [5.74, 6) is 0.831. The molecule has 5 heteroatoms. The van der Waals surface area contributed by atoms with E-state index in [1.807, 2.05) is 31.2 Å². The van der Waals surface area contributed by atoms with Gasteiger partial charge < -0.3 is 10.1 Å². The fourth-order valence-corrected chi connectivity index (χ4v) is 3.76. The van der Waals surface area contributed by atoms with Gasteiger partial charge in [0, 0.05) is 11.6 Å². The smallest absolute Gasteiger partial charge is 0.263 e. The molecule has 1 aromatic heterocycles. The van der Waals surface area contributed by atoms with Crippen LogP contribution in [0.15, 0.2) is 24.3 Å². The maximum atomic E-state index is 12.4. The van der Waals surface area contributed by atoms with Crippen LogP contribution >= 0.6 is 11.3 Å². The first-order chi connectivity index (χ1) is 10.7. The average Bonchev–Trinajstić information content (AvgIpc) is 3.17. The van der Waals surface area contributed by atoms with Crippen molar-refractivity contribution in [2.45, 2.75) is 38.6 Å². The molecular formula is C17H20N2O2S. The minimum atomic E-state index is 0.0154. The molecule has 0 aliphatic heterocycles. The largest absolute Gasteiger partial charge is 0.497 e. The predicted octanol–water partition coefficient (Wildman–Crippen LogP) is 3.80. The maximum absolute atomic E-state index is 12.4. The van der Waals surface area contributed by atoms with Gasteiger partial charge >= 0.3 is 0 Å². The number of nitrogens with one attached hydrogen (secondary N) is 1. The zero-order chi connectivity index (χ0) is 15.5. The topological polar surface area (TPSA) is 51.2 Å². The Morgan fingerprint density at radius 1 is 1.27 bits per heavy atom. The Morgan fingerprint density at radius 2 is 1.95 bits per heavy atom. The molecule has 116 valence electrons. The molecule has 1 heterocycles. The standard InChI is InChI=1S/C17H20N2O2S/c1-11-15(16(20)19-13-5-3-4-6-13)22-17(18-11)12-7-9-14(21-2)10-8-12/h7-10,13H,3-6H2,1-2H3,(H,19,20). The van der Waals surface area contributed by atoms with Crippen molar-refractivity contribution in [3.63, 3.8) is 0 Å². The van der Waals surface area contributed by atoms with Crippen molar-refractivity contribution in [3.05, 3.63) is 34.8 Å². The predicted molar refractivity (Wildman–Crippen MR) is 88.6 cm³/mol. The van der Waals surface area contributed by atoms with Gasteiger partial charge in [0.2, 0.25) is 0 Å². The molecule has 0 radical (unpaired) electrons. The third-order valence-corrected chi connectivity index (χ3v) is 5.24. The Hall–Kier alpha value is -1.88. The summed E-state index contributed by atoms with van der Waals surface area (Å²) in [6.07, 6.45) is 4.61. The van der Waals surface area contributed by atoms with E-state index >= 15 is 0 Å². The summed E-state index contributed by atoms with van der Waals surface area (Å²) in [4.78, 5) is 17.7. The van der Waals surface area contributed by atoms with E-state index in [9.17, 15) is 4.79 Å². The zero-order valence-electron chi connectivity index (χ0n) is 12.9. The number of ether oxygens (including phenoxy) is 1. The van der Waals surface area contributed by atoms with Crippen molar-refractivity contribution < 1.29 is 9.53 Å². The van der Waals surface area contributed by atoms with Crippen LogP contribution < -0.4 is 10.1 Å². The van der Waals surface area contributed by atoms with Gasteiger partial charge in [0.15, 0.2) is 0 Å². The highest BCUT2D eigenvalue weighted by Gasteiger charge is 2.21. The summed E-state index contributed by atoms with van der Waals surface area (Å²) in [5.41, 5.74) is 1.81. The third kappa shape index (κ3) is 3.14. The Bertz CT molecular complexity index is 658. The highest BCUT2D eigenvalue weighted by Crippen LogP contribution is 2.29. The number of hydrogen-bond donors (Lipinski definition) is 1. The van der Waals surface area contributed by atoms with E-state index in [1.54, 1.807) is 7.11 Å². The summed E-state index contributed by atoms with van der Waals surface area (Å²) >= 11 is 1.45. The van der Waals surface area contributed by atoms with Crippen LogP contribution in [0.25, 0.3) is 10.6 Å². The summed E-state index contributed by atoms with van der Waals surface area (Å²) < 4.78 is 5.17. The molecule has 0 atom stereocenters. The molecule has 1 aliphatic carbocycles. The monoisotopic (exact) mass is 316 g/mol.